The van der Waals surface area contributed by atoms with E-state index in [2.05, 4.69) is 0 Å². The van der Waals surface area contributed by atoms with Crippen molar-refractivity contribution in [3.8, 4) is 0 Å². The Morgan fingerprint density at radius 1 is 0.750 bits per heavy atom. The minimum absolute atomic E-state index is 0. The van der Waals surface area contributed by atoms with E-state index in [-0.39, 0.29) is 98.8 Å². The Labute approximate surface area is 160 Å². The van der Waals surface area contributed by atoms with Gasteiger partial charge in [0.2, 0.25) is 0 Å². The van der Waals surface area contributed by atoms with Crippen molar-refractivity contribution in [2.24, 2.45) is 0 Å². The van der Waals surface area contributed by atoms with Gasteiger partial charge in [-0.25, -0.2) is 19.1 Å². The summed E-state index contributed by atoms with van der Waals surface area (Å²) in [4.78, 5) is 35.7. The van der Waals surface area contributed by atoms with E-state index in [0.717, 1.165) is 0 Å². The van der Waals surface area contributed by atoms with Gasteiger partial charge in [-0.05, 0) is 0 Å². The third-order valence-electron chi connectivity index (χ3n) is 0.864. The van der Waals surface area contributed by atoms with Gasteiger partial charge in [0, 0.05) is 0 Å². The van der Waals surface area contributed by atoms with Gasteiger partial charge in [-0.3, -0.25) is 0 Å². The molecule has 0 aliphatic carbocycles. The summed E-state index contributed by atoms with van der Waals surface area (Å²) in [5, 5.41) is 25.9. The Bertz CT molecular complexity index is 193. The van der Waals surface area contributed by atoms with Crippen LogP contribution in [0.5, 0.6) is 0 Å². The van der Waals surface area contributed by atoms with Gasteiger partial charge in [0.05, 0.1) is 45.0 Å². The molecule has 116 valence electrons. The van der Waals surface area contributed by atoms with Crippen molar-refractivity contribution in [1.29, 1.82) is 0 Å². The van der Waals surface area contributed by atoms with Crippen LogP contribution in [0.2, 0.25) is 0 Å². The van der Waals surface area contributed by atoms with Crippen LogP contribution in [0.1, 0.15) is 0 Å². The fraction of sp³-hybridized carbons (Fsp3) is 1.00. The predicted octanol–water partition coefficient (Wildman–Crippen LogP) is -4.17. The van der Waals surface area contributed by atoms with Gasteiger partial charge in [0.15, 0.2) is 0 Å². The molecule has 0 saturated carbocycles. The van der Waals surface area contributed by atoms with Crippen molar-refractivity contribution >= 4 is 66.9 Å². The van der Waals surface area contributed by atoms with Crippen molar-refractivity contribution in [2.75, 3.05) is 39.6 Å². The van der Waals surface area contributed by atoms with Crippen molar-refractivity contribution in [3.63, 3.8) is 0 Å². The fourth-order valence-electron chi connectivity index (χ4n) is 0.458. The number of aliphatic hydroxyl groups is 3. The quantitative estimate of drug-likeness (QED) is 0.136. The van der Waals surface area contributed by atoms with Crippen LogP contribution in [0.4, 0.5) is 0 Å². The zero-order valence-electron chi connectivity index (χ0n) is 9.45. The van der Waals surface area contributed by atoms with Gasteiger partial charge < -0.3 is 30.0 Å². The standard InChI is InChI=1S/C6H15NO6.2Na.H3O4P.2H/c8-1-4-11-7(12-5-2-9)13-6-3-10;;;1-5(2,3)4;;/h8-10H,1-6H2;;;(H3,1,2,3,4);;. The van der Waals surface area contributed by atoms with E-state index in [4.69, 9.17) is 49.1 Å². The molecule has 0 bridgehead atoms. The van der Waals surface area contributed by atoms with Crippen LogP contribution in [0, 0.1) is 0 Å². The molecule has 0 radical (unpaired) electrons. The third-order valence-corrected chi connectivity index (χ3v) is 0.864. The molecule has 20 heavy (non-hydrogen) atoms. The van der Waals surface area contributed by atoms with Crippen LogP contribution in [-0.4, -0.2) is 134 Å². The van der Waals surface area contributed by atoms with Crippen molar-refractivity contribution in [1.82, 2.24) is 5.39 Å². The summed E-state index contributed by atoms with van der Waals surface area (Å²) >= 11 is 0. The van der Waals surface area contributed by atoms with E-state index in [1.54, 1.807) is 0 Å². The van der Waals surface area contributed by atoms with Gasteiger partial charge in [-0.1, -0.05) is 0 Å². The van der Waals surface area contributed by atoms with Crippen molar-refractivity contribution in [2.45, 2.75) is 0 Å². The molecule has 0 aliphatic heterocycles. The average molecular weight is 343 g/mol. The number of aliphatic hydroxyl groups excluding tert-OH is 3. The summed E-state index contributed by atoms with van der Waals surface area (Å²) in [5.41, 5.74) is 0. The molecule has 11 nitrogen and oxygen atoms in total. The topological polar surface area (TPSA) is 169 Å². The van der Waals surface area contributed by atoms with Crippen LogP contribution in [0.25, 0.3) is 0 Å². The Balaban J connectivity index is -0.000000158. The van der Waals surface area contributed by atoms with Gasteiger partial charge in [0.25, 0.3) is 0 Å². The molecule has 0 rings (SSSR count). The molecule has 14 heteroatoms. The molecule has 0 atom stereocenters. The Hall–Kier alpha value is 1.83. The van der Waals surface area contributed by atoms with E-state index in [1.807, 2.05) is 0 Å². The Morgan fingerprint density at radius 3 is 1.10 bits per heavy atom. The second-order valence-electron chi connectivity index (χ2n) is 2.41. The van der Waals surface area contributed by atoms with E-state index >= 15 is 0 Å². The van der Waals surface area contributed by atoms with Crippen molar-refractivity contribution < 1.29 is 49.1 Å². The van der Waals surface area contributed by atoms with Gasteiger partial charge >= 0.3 is 66.9 Å². The number of rotatable bonds is 9. The number of phosphoric acid groups is 1. The maximum atomic E-state index is 8.88. The van der Waals surface area contributed by atoms with Gasteiger partial charge in [-0.2, -0.15) is 0 Å². The first-order valence-electron chi connectivity index (χ1n) is 4.65. The van der Waals surface area contributed by atoms with Crippen LogP contribution in [0.3, 0.4) is 0 Å². The zero-order chi connectivity index (χ0) is 14.4. The fourth-order valence-corrected chi connectivity index (χ4v) is 0.458. The summed E-state index contributed by atoms with van der Waals surface area (Å²) in [7, 11) is -4.64. The number of hydrogen-bond donors (Lipinski definition) is 6. The van der Waals surface area contributed by atoms with Crippen LogP contribution < -0.4 is 0 Å². The average Bonchev–Trinajstić information content (AvgIpc) is 2.26. The second-order valence-corrected chi connectivity index (χ2v) is 3.43. The summed E-state index contributed by atoms with van der Waals surface area (Å²) in [6.45, 7) is -0.505. The zero-order valence-corrected chi connectivity index (χ0v) is 10.3. The van der Waals surface area contributed by atoms with Crippen LogP contribution in [-0.2, 0) is 19.1 Å². The summed E-state index contributed by atoms with van der Waals surface area (Å²) in [6.07, 6.45) is 0. The number of hydrogen-bond acceptors (Lipinski definition) is 8. The molecule has 0 aromatic heterocycles. The molecule has 0 saturated heterocycles. The molecule has 0 fully saturated rings. The van der Waals surface area contributed by atoms with Gasteiger partial charge in [-0.15, -0.1) is 0 Å². The van der Waals surface area contributed by atoms with E-state index in [0.29, 0.717) is 5.39 Å². The number of nitrogens with zero attached hydrogens (tertiary/aromatic N) is 1. The minimum atomic E-state index is -4.64. The molecular formula is C6H20NNa2O10P. The molecule has 0 amide bonds. The monoisotopic (exact) mass is 343 g/mol. The van der Waals surface area contributed by atoms with Crippen LogP contribution in [0.15, 0.2) is 0 Å². The predicted molar refractivity (Wildman–Crippen MR) is 69.5 cm³/mol. The summed E-state index contributed by atoms with van der Waals surface area (Å²) in [6, 6.07) is 0. The molecular weight excluding hydrogens is 323 g/mol. The summed E-state index contributed by atoms with van der Waals surface area (Å²) in [5.74, 6) is 0. The molecule has 0 aliphatic rings. The van der Waals surface area contributed by atoms with Gasteiger partial charge in [0.1, 0.15) is 0 Å². The Kier molecular flexibility index (Phi) is 31.0. The Morgan fingerprint density at radius 2 is 0.950 bits per heavy atom. The first-order chi connectivity index (χ1) is 8.35. The van der Waals surface area contributed by atoms with E-state index in [9.17, 15) is 0 Å². The first-order valence-corrected chi connectivity index (χ1v) is 6.21. The summed E-state index contributed by atoms with van der Waals surface area (Å²) < 4.78 is 8.88. The maximum absolute atomic E-state index is 8.88. The second kappa shape index (κ2) is 20.8. The molecule has 0 aromatic carbocycles. The van der Waals surface area contributed by atoms with Crippen LogP contribution >= 0.6 is 7.82 Å². The van der Waals surface area contributed by atoms with E-state index in [1.165, 1.54) is 0 Å². The van der Waals surface area contributed by atoms with E-state index < -0.39 is 7.82 Å². The molecule has 0 heterocycles. The third kappa shape index (κ3) is 36.8. The molecule has 0 aromatic rings. The molecule has 0 spiro atoms. The normalized spacial score (nSPS) is 10.2. The van der Waals surface area contributed by atoms with Crippen molar-refractivity contribution in [3.05, 3.63) is 0 Å². The molecule has 0 unspecified atom stereocenters. The molecule has 6 N–H and O–H groups in total. The SMILES string of the molecule is O=P(O)(O)O.OCCON(OCCO)OCCO.[NaH].[NaH]. The first kappa shape index (κ1) is 29.8.